The molecule has 0 saturated heterocycles. The summed E-state index contributed by atoms with van der Waals surface area (Å²) in [4.78, 5) is 15.0. The number of nitrogens with zero attached hydrogens (tertiary/aromatic N) is 3. The lowest BCUT2D eigenvalue weighted by molar-refractivity contribution is -0.127. The van der Waals surface area contributed by atoms with Crippen molar-refractivity contribution in [3.8, 4) is 6.07 Å². The topological polar surface area (TPSA) is 67.6 Å². The maximum Gasteiger partial charge on any atom is 0.241 e. The molecule has 0 aliphatic heterocycles. The number of benzene rings is 1. The van der Waals surface area contributed by atoms with Gasteiger partial charge in [-0.2, -0.15) is 5.26 Å². The number of amides is 1. The van der Waals surface area contributed by atoms with Crippen LogP contribution < -0.4 is 4.90 Å². The Hall–Kier alpha value is -2.06. The number of carbonyl (C=O) groups excluding carboxylic acids is 1. The Labute approximate surface area is 113 Å². The van der Waals surface area contributed by atoms with E-state index in [0.717, 1.165) is 0 Å². The predicted octanol–water partition coefficient (Wildman–Crippen LogP) is 1.14. The standard InChI is InChI=1S/C14H19N3O2/c1-10(18)12-6-5-11(8-15)7-13(12)17(4)9-14(19)16(2)3/h5-7,10,18H,9H2,1-4H3/t10-/m0/s1. The SMILES string of the molecule is C[C@H](O)c1ccc(C#N)cc1N(C)CC(=O)N(C)C. The molecule has 5 nitrogen and oxygen atoms in total. The third kappa shape index (κ3) is 3.70. The largest absolute Gasteiger partial charge is 0.389 e. The molecular formula is C14H19N3O2. The lowest BCUT2D eigenvalue weighted by Gasteiger charge is -2.24. The van der Waals surface area contributed by atoms with Gasteiger partial charge in [0.15, 0.2) is 0 Å². The molecule has 102 valence electrons. The molecule has 1 aromatic carbocycles. The van der Waals surface area contributed by atoms with Crippen LogP contribution in [0.1, 0.15) is 24.2 Å². The minimum Gasteiger partial charge on any atom is -0.389 e. The first-order valence-electron chi connectivity index (χ1n) is 6.00. The van der Waals surface area contributed by atoms with Gasteiger partial charge in [0, 0.05) is 32.4 Å². The molecule has 0 aliphatic carbocycles. The summed E-state index contributed by atoms with van der Waals surface area (Å²) in [7, 11) is 5.15. The van der Waals surface area contributed by atoms with Crippen LogP contribution in [0.2, 0.25) is 0 Å². The van der Waals surface area contributed by atoms with Gasteiger partial charge in [0.25, 0.3) is 0 Å². The van der Waals surface area contributed by atoms with Crippen LogP contribution in [0.5, 0.6) is 0 Å². The second-order valence-corrected chi connectivity index (χ2v) is 4.71. The number of anilines is 1. The molecule has 0 aliphatic rings. The second kappa shape index (κ2) is 6.21. The van der Waals surface area contributed by atoms with Crippen molar-refractivity contribution in [3.05, 3.63) is 29.3 Å². The number of hydrogen-bond donors (Lipinski definition) is 1. The fourth-order valence-electron chi connectivity index (χ4n) is 1.73. The number of aliphatic hydroxyl groups excluding tert-OH is 1. The summed E-state index contributed by atoms with van der Waals surface area (Å²) >= 11 is 0. The third-order valence-electron chi connectivity index (χ3n) is 2.89. The average molecular weight is 261 g/mol. The highest BCUT2D eigenvalue weighted by molar-refractivity contribution is 5.81. The fraction of sp³-hybridized carbons (Fsp3) is 0.429. The highest BCUT2D eigenvalue weighted by Crippen LogP contribution is 2.26. The molecule has 1 aromatic rings. The molecule has 0 unspecified atom stereocenters. The molecule has 1 N–H and O–H groups in total. The monoisotopic (exact) mass is 261 g/mol. The first-order valence-corrected chi connectivity index (χ1v) is 6.00. The minimum absolute atomic E-state index is 0.0404. The van der Waals surface area contributed by atoms with Crippen LogP contribution in [0.25, 0.3) is 0 Å². The highest BCUT2D eigenvalue weighted by atomic mass is 16.3. The van der Waals surface area contributed by atoms with Crippen molar-refractivity contribution in [2.75, 3.05) is 32.6 Å². The molecule has 19 heavy (non-hydrogen) atoms. The van der Waals surface area contributed by atoms with E-state index < -0.39 is 6.10 Å². The summed E-state index contributed by atoms with van der Waals surface area (Å²) in [6, 6.07) is 7.12. The Morgan fingerprint density at radius 3 is 2.53 bits per heavy atom. The van der Waals surface area contributed by atoms with Crippen LogP contribution in [-0.4, -0.2) is 43.6 Å². The molecule has 0 radical (unpaired) electrons. The van der Waals surface area contributed by atoms with Crippen LogP contribution in [0.3, 0.4) is 0 Å². The fourth-order valence-corrected chi connectivity index (χ4v) is 1.73. The van der Waals surface area contributed by atoms with Crippen molar-refractivity contribution in [1.29, 1.82) is 5.26 Å². The molecule has 1 amide bonds. The van der Waals surface area contributed by atoms with Crippen molar-refractivity contribution in [1.82, 2.24) is 4.90 Å². The molecule has 0 heterocycles. The van der Waals surface area contributed by atoms with Gasteiger partial charge in [0.2, 0.25) is 5.91 Å². The van der Waals surface area contributed by atoms with Gasteiger partial charge in [-0.25, -0.2) is 0 Å². The summed E-state index contributed by atoms with van der Waals surface area (Å²) < 4.78 is 0. The van der Waals surface area contributed by atoms with Gasteiger partial charge in [-0.15, -0.1) is 0 Å². The van der Waals surface area contributed by atoms with E-state index in [1.807, 2.05) is 0 Å². The van der Waals surface area contributed by atoms with E-state index in [9.17, 15) is 9.90 Å². The molecule has 0 saturated carbocycles. The maximum absolute atomic E-state index is 11.7. The molecule has 0 bridgehead atoms. The van der Waals surface area contributed by atoms with E-state index in [0.29, 0.717) is 16.8 Å². The van der Waals surface area contributed by atoms with Crippen LogP contribution >= 0.6 is 0 Å². The van der Waals surface area contributed by atoms with Gasteiger partial charge in [-0.3, -0.25) is 4.79 Å². The maximum atomic E-state index is 11.7. The summed E-state index contributed by atoms with van der Waals surface area (Å²) in [5.74, 6) is -0.0404. The smallest absolute Gasteiger partial charge is 0.241 e. The van der Waals surface area contributed by atoms with Gasteiger partial charge < -0.3 is 14.9 Å². The summed E-state index contributed by atoms with van der Waals surface area (Å²) in [5, 5.41) is 18.7. The zero-order chi connectivity index (χ0) is 14.6. The van der Waals surface area contributed by atoms with E-state index in [2.05, 4.69) is 6.07 Å². The normalized spacial score (nSPS) is 11.6. The summed E-state index contributed by atoms with van der Waals surface area (Å²) in [5.41, 5.74) is 1.90. The Morgan fingerprint density at radius 1 is 1.42 bits per heavy atom. The number of carbonyl (C=O) groups is 1. The third-order valence-corrected chi connectivity index (χ3v) is 2.89. The average Bonchev–Trinajstić information content (AvgIpc) is 2.37. The van der Waals surface area contributed by atoms with E-state index in [1.165, 1.54) is 4.90 Å². The summed E-state index contributed by atoms with van der Waals surface area (Å²) in [6.45, 7) is 1.86. The van der Waals surface area contributed by atoms with Crippen molar-refractivity contribution < 1.29 is 9.90 Å². The number of likely N-dealkylation sites (N-methyl/N-ethyl adjacent to an activating group) is 2. The number of rotatable bonds is 4. The first-order chi connectivity index (χ1) is 8.86. The van der Waals surface area contributed by atoms with Crippen molar-refractivity contribution in [2.24, 2.45) is 0 Å². The second-order valence-electron chi connectivity index (χ2n) is 4.71. The Morgan fingerprint density at radius 2 is 2.05 bits per heavy atom. The number of nitriles is 1. The molecule has 0 fully saturated rings. The van der Waals surface area contributed by atoms with Crippen LogP contribution in [-0.2, 0) is 4.79 Å². The minimum atomic E-state index is -0.653. The lowest BCUT2D eigenvalue weighted by atomic mass is 10.0. The highest BCUT2D eigenvalue weighted by Gasteiger charge is 2.15. The zero-order valence-electron chi connectivity index (χ0n) is 11.7. The van der Waals surface area contributed by atoms with Gasteiger partial charge >= 0.3 is 0 Å². The van der Waals surface area contributed by atoms with Gasteiger partial charge in [0.1, 0.15) is 0 Å². The van der Waals surface area contributed by atoms with E-state index >= 15 is 0 Å². The van der Waals surface area contributed by atoms with Gasteiger partial charge in [-0.05, 0) is 19.1 Å². The Kier molecular flexibility index (Phi) is 4.90. The predicted molar refractivity (Wildman–Crippen MR) is 73.8 cm³/mol. The quantitative estimate of drug-likeness (QED) is 0.882. The van der Waals surface area contributed by atoms with Crippen LogP contribution in [0.4, 0.5) is 5.69 Å². The van der Waals surface area contributed by atoms with Crippen molar-refractivity contribution >= 4 is 11.6 Å². The van der Waals surface area contributed by atoms with Crippen LogP contribution in [0, 0.1) is 11.3 Å². The zero-order valence-corrected chi connectivity index (χ0v) is 11.7. The first kappa shape index (κ1) is 15.0. The van der Waals surface area contributed by atoms with E-state index in [1.54, 1.807) is 51.2 Å². The molecular weight excluding hydrogens is 242 g/mol. The van der Waals surface area contributed by atoms with Gasteiger partial charge in [-0.1, -0.05) is 6.07 Å². The number of hydrogen-bond acceptors (Lipinski definition) is 4. The molecule has 1 rings (SSSR count). The molecule has 1 atom stereocenters. The molecule has 0 aromatic heterocycles. The molecule has 0 spiro atoms. The van der Waals surface area contributed by atoms with Crippen molar-refractivity contribution in [3.63, 3.8) is 0 Å². The van der Waals surface area contributed by atoms with E-state index in [4.69, 9.17) is 5.26 Å². The van der Waals surface area contributed by atoms with E-state index in [-0.39, 0.29) is 12.5 Å². The Bertz CT molecular complexity index is 504. The van der Waals surface area contributed by atoms with Gasteiger partial charge in [0.05, 0.1) is 24.3 Å². The van der Waals surface area contributed by atoms with Crippen molar-refractivity contribution in [2.45, 2.75) is 13.0 Å². The molecule has 5 heteroatoms. The lowest BCUT2D eigenvalue weighted by Crippen LogP contribution is -2.34. The Balaban J connectivity index is 3.09. The number of aliphatic hydroxyl groups is 1. The summed E-state index contributed by atoms with van der Waals surface area (Å²) in [6.07, 6.45) is -0.653. The van der Waals surface area contributed by atoms with Crippen LogP contribution in [0.15, 0.2) is 18.2 Å².